The summed E-state index contributed by atoms with van der Waals surface area (Å²) >= 11 is 0. The van der Waals surface area contributed by atoms with Crippen molar-refractivity contribution in [2.45, 2.75) is 57.5 Å². The number of hydrogen-bond acceptors (Lipinski definition) is 2. The molecule has 0 spiro atoms. The highest BCUT2D eigenvalue weighted by Gasteiger charge is 2.25. The predicted molar refractivity (Wildman–Crippen MR) is 82.2 cm³/mol. The topological polar surface area (TPSA) is 46.3 Å². The second-order valence-corrected chi connectivity index (χ2v) is 5.67. The molecule has 1 atom stereocenters. The molecular formula is C17H26N2O. The molecule has 1 fully saturated rings. The van der Waals surface area contributed by atoms with Gasteiger partial charge in [-0.2, -0.15) is 0 Å². The first-order valence-corrected chi connectivity index (χ1v) is 7.82. The van der Waals surface area contributed by atoms with E-state index < -0.39 is 0 Å². The Kier molecular flexibility index (Phi) is 5.60. The molecule has 1 unspecified atom stereocenters. The van der Waals surface area contributed by atoms with Crippen LogP contribution in [-0.2, 0) is 4.79 Å². The fourth-order valence-electron chi connectivity index (χ4n) is 3.14. The summed E-state index contributed by atoms with van der Waals surface area (Å²) in [5.74, 6) is 0.269. The highest BCUT2D eigenvalue weighted by atomic mass is 16.2. The van der Waals surface area contributed by atoms with E-state index in [0.29, 0.717) is 12.5 Å². The largest absolute Gasteiger partial charge is 0.340 e. The third kappa shape index (κ3) is 3.83. The van der Waals surface area contributed by atoms with Gasteiger partial charge in [0.15, 0.2) is 0 Å². The maximum atomic E-state index is 12.4. The molecule has 0 bridgehead atoms. The van der Waals surface area contributed by atoms with Crippen molar-refractivity contribution in [2.75, 3.05) is 6.54 Å². The van der Waals surface area contributed by atoms with Crippen LogP contribution in [0.3, 0.4) is 0 Å². The standard InChI is InChI=1S/C17H26N2O/c1-2-19(15-10-6-7-11-15)17(20)13-12-16(18)14-8-4-3-5-9-14/h3-5,8-9,15-16H,2,6-7,10-13,18H2,1H3. The molecule has 2 N–H and O–H groups in total. The molecule has 0 aromatic heterocycles. The number of benzene rings is 1. The first-order valence-electron chi connectivity index (χ1n) is 7.82. The van der Waals surface area contributed by atoms with Crippen LogP contribution < -0.4 is 5.73 Å². The van der Waals surface area contributed by atoms with Gasteiger partial charge >= 0.3 is 0 Å². The Morgan fingerprint density at radius 2 is 1.95 bits per heavy atom. The second kappa shape index (κ2) is 7.44. The molecule has 1 aromatic rings. The van der Waals surface area contributed by atoms with E-state index >= 15 is 0 Å². The normalized spacial score (nSPS) is 17.1. The van der Waals surface area contributed by atoms with Crippen LogP contribution >= 0.6 is 0 Å². The van der Waals surface area contributed by atoms with Crippen molar-refractivity contribution in [2.24, 2.45) is 5.73 Å². The molecule has 3 heteroatoms. The Morgan fingerprint density at radius 1 is 1.30 bits per heavy atom. The summed E-state index contributed by atoms with van der Waals surface area (Å²) in [4.78, 5) is 14.4. The van der Waals surface area contributed by atoms with Gasteiger partial charge in [-0.05, 0) is 31.7 Å². The van der Waals surface area contributed by atoms with Crippen LogP contribution in [0.15, 0.2) is 30.3 Å². The van der Waals surface area contributed by atoms with Crippen LogP contribution in [0.5, 0.6) is 0 Å². The molecule has 1 aliphatic carbocycles. The van der Waals surface area contributed by atoms with Gasteiger partial charge in [-0.15, -0.1) is 0 Å². The zero-order valence-electron chi connectivity index (χ0n) is 12.4. The zero-order chi connectivity index (χ0) is 14.4. The third-order valence-corrected chi connectivity index (χ3v) is 4.32. The van der Waals surface area contributed by atoms with Gasteiger partial charge in [-0.1, -0.05) is 43.2 Å². The number of hydrogen-bond donors (Lipinski definition) is 1. The summed E-state index contributed by atoms with van der Waals surface area (Å²) < 4.78 is 0. The van der Waals surface area contributed by atoms with Crippen LogP contribution in [0.2, 0.25) is 0 Å². The maximum absolute atomic E-state index is 12.4. The first kappa shape index (κ1) is 15.0. The molecule has 0 heterocycles. The minimum atomic E-state index is -0.0394. The van der Waals surface area contributed by atoms with Crippen molar-refractivity contribution in [1.82, 2.24) is 4.90 Å². The minimum Gasteiger partial charge on any atom is -0.340 e. The quantitative estimate of drug-likeness (QED) is 0.865. The summed E-state index contributed by atoms with van der Waals surface area (Å²) in [6.45, 7) is 2.90. The molecule has 1 aliphatic rings. The average molecular weight is 274 g/mol. The van der Waals surface area contributed by atoms with Crippen LogP contribution in [0.4, 0.5) is 0 Å². The summed E-state index contributed by atoms with van der Waals surface area (Å²) in [5.41, 5.74) is 7.28. The molecule has 20 heavy (non-hydrogen) atoms. The minimum absolute atomic E-state index is 0.0394. The van der Waals surface area contributed by atoms with Crippen LogP contribution in [-0.4, -0.2) is 23.4 Å². The summed E-state index contributed by atoms with van der Waals surface area (Å²) in [5, 5.41) is 0. The maximum Gasteiger partial charge on any atom is 0.222 e. The van der Waals surface area contributed by atoms with Crippen molar-refractivity contribution in [1.29, 1.82) is 0 Å². The molecule has 1 saturated carbocycles. The SMILES string of the molecule is CCN(C(=O)CCC(N)c1ccccc1)C1CCCC1. The Balaban J connectivity index is 1.84. The van der Waals surface area contributed by atoms with Gasteiger partial charge in [0.05, 0.1) is 0 Å². The Morgan fingerprint density at radius 3 is 2.55 bits per heavy atom. The van der Waals surface area contributed by atoms with E-state index in [9.17, 15) is 4.79 Å². The van der Waals surface area contributed by atoms with E-state index in [-0.39, 0.29) is 11.9 Å². The lowest BCUT2D eigenvalue weighted by atomic mass is 10.0. The lowest BCUT2D eigenvalue weighted by molar-refractivity contribution is -0.133. The fraction of sp³-hybridized carbons (Fsp3) is 0.588. The average Bonchev–Trinajstić information content (AvgIpc) is 3.00. The molecule has 1 aromatic carbocycles. The van der Waals surface area contributed by atoms with Gasteiger partial charge in [0.25, 0.3) is 0 Å². The molecule has 0 radical (unpaired) electrons. The molecule has 110 valence electrons. The van der Waals surface area contributed by atoms with Gasteiger partial charge in [-0.3, -0.25) is 4.79 Å². The number of nitrogens with zero attached hydrogens (tertiary/aromatic N) is 1. The van der Waals surface area contributed by atoms with Gasteiger partial charge in [0.2, 0.25) is 5.91 Å². The van der Waals surface area contributed by atoms with Gasteiger partial charge in [0, 0.05) is 25.0 Å². The second-order valence-electron chi connectivity index (χ2n) is 5.67. The summed E-state index contributed by atoms with van der Waals surface area (Å²) in [6, 6.07) is 10.5. The van der Waals surface area contributed by atoms with Crippen molar-refractivity contribution >= 4 is 5.91 Å². The predicted octanol–water partition coefficient (Wildman–Crippen LogP) is 3.26. The lowest BCUT2D eigenvalue weighted by Crippen LogP contribution is -2.38. The van der Waals surface area contributed by atoms with Crippen molar-refractivity contribution < 1.29 is 4.79 Å². The van der Waals surface area contributed by atoms with Gasteiger partial charge < -0.3 is 10.6 Å². The highest BCUT2D eigenvalue weighted by molar-refractivity contribution is 5.76. The molecule has 1 amide bonds. The Bertz CT molecular complexity index is 412. The van der Waals surface area contributed by atoms with Crippen molar-refractivity contribution in [3.8, 4) is 0 Å². The van der Waals surface area contributed by atoms with E-state index in [1.165, 1.54) is 25.7 Å². The van der Waals surface area contributed by atoms with Gasteiger partial charge in [0.1, 0.15) is 0 Å². The van der Waals surface area contributed by atoms with Crippen LogP contribution in [0.1, 0.15) is 57.1 Å². The first-order chi connectivity index (χ1) is 9.72. The smallest absolute Gasteiger partial charge is 0.222 e. The Labute approximate surface area is 122 Å². The molecular weight excluding hydrogens is 248 g/mol. The van der Waals surface area contributed by atoms with Crippen molar-refractivity contribution in [3.05, 3.63) is 35.9 Å². The number of rotatable bonds is 6. The molecule has 0 aliphatic heterocycles. The molecule has 2 rings (SSSR count). The molecule has 3 nitrogen and oxygen atoms in total. The summed E-state index contributed by atoms with van der Waals surface area (Å²) in [6.07, 6.45) is 6.15. The lowest BCUT2D eigenvalue weighted by Gasteiger charge is -2.28. The van der Waals surface area contributed by atoms with E-state index in [1.807, 2.05) is 30.3 Å². The van der Waals surface area contributed by atoms with Crippen LogP contribution in [0.25, 0.3) is 0 Å². The zero-order valence-corrected chi connectivity index (χ0v) is 12.4. The monoisotopic (exact) mass is 274 g/mol. The summed E-state index contributed by atoms with van der Waals surface area (Å²) in [7, 11) is 0. The van der Waals surface area contributed by atoms with Crippen molar-refractivity contribution in [3.63, 3.8) is 0 Å². The van der Waals surface area contributed by atoms with Crippen LogP contribution in [0, 0.1) is 0 Å². The van der Waals surface area contributed by atoms with E-state index in [1.54, 1.807) is 0 Å². The van der Waals surface area contributed by atoms with E-state index in [4.69, 9.17) is 5.73 Å². The Hall–Kier alpha value is -1.35. The number of carbonyl (C=O) groups is 1. The number of nitrogens with two attached hydrogens (primary N) is 1. The van der Waals surface area contributed by atoms with E-state index in [2.05, 4.69) is 11.8 Å². The number of carbonyl (C=O) groups excluding carboxylic acids is 1. The number of amides is 1. The third-order valence-electron chi connectivity index (χ3n) is 4.32. The fourth-order valence-corrected chi connectivity index (χ4v) is 3.14. The highest BCUT2D eigenvalue weighted by Crippen LogP contribution is 2.24. The van der Waals surface area contributed by atoms with E-state index in [0.717, 1.165) is 18.5 Å². The molecule has 0 saturated heterocycles. The van der Waals surface area contributed by atoms with Gasteiger partial charge in [-0.25, -0.2) is 0 Å².